The predicted molar refractivity (Wildman–Crippen MR) is 91.4 cm³/mol. The van der Waals surface area contributed by atoms with E-state index in [1.54, 1.807) is 18.2 Å². The molecule has 5 heteroatoms. The summed E-state index contributed by atoms with van der Waals surface area (Å²) in [6.07, 6.45) is 0. The molecule has 1 N–H and O–H groups in total. The minimum atomic E-state index is -0.433. The molecule has 24 heavy (non-hydrogen) atoms. The first-order valence-corrected chi connectivity index (χ1v) is 7.52. The fourth-order valence-electron chi connectivity index (χ4n) is 2.35. The Morgan fingerprint density at radius 2 is 1.88 bits per heavy atom. The molecule has 0 saturated heterocycles. The monoisotopic (exact) mass is 323 g/mol. The Morgan fingerprint density at radius 1 is 1.12 bits per heavy atom. The number of carbonyl (C=O) groups excluding carboxylic acids is 1. The Bertz CT molecular complexity index is 942. The summed E-state index contributed by atoms with van der Waals surface area (Å²) < 4.78 is 10.7. The first-order chi connectivity index (χ1) is 11.6. The second kappa shape index (κ2) is 6.58. The molecule has 0 radical (unpaired) electrons. The van der Waals surface area contributed by atoms with Gasteiger partial charge in [0.1, 0.15) is 11.3 Å². The van der Waals surface area contributed by atoms with Gasteiger partial charge in [-0.05, 0) is 24.6 Å². The molecular weight excluding hydrogens is 306 g/mol. The molecule has 0 saturated carbocycles. The van der Waals surface area contributed by atoms with Crippen LogP contribution in [-0.2, 0) is 6.54 Å². The van der Waals surface area contributed by atoms with Gasteiger partial charge in [-0.15, -0.1) is 0 Å². The smallest absolute Gasteiger partial charge is 0.287 e. The van der Waals surface area contributed by atoms with Crippen LogP contribution in [0.3, 0.4) is 0 Å². The second-order valence-corrected chi connectivity index (χ2v) is 5.51. The Hall–Kier alpha value is -3.08. The molecule has 122 valence electrons. The van der Waals surface area contributed by atoms with Crippen molar-refractivity contribution in [2.75, 3.05) is 7.11 Å². The van der Waals surface area contributed by atoms with E-state index in [1.807, 2.05) is 31.2 Å². The molecule has 0 aliphatic rings. The molecule has 1 amide bonds. The lowest BCUT2D eigenvalue weighted by atomic mass is 10.1. The van der Waals surface area contributed by atoms with Crippen LogP contribution in [0.15, 0.2) is 57.7 Å². The largest absolute Gasteiger partial charge is 0.497 e. The normalized spacial score (nSPS) is 10.6. The quantitative estimate of drug-likeness (QED) is 0.801. The van der Waals surface area contributed by atoms with E-state index in [1.165, 1.54) is 13.2 Å². The van der Waals surface area contributed by atoms with Gasteiger partial charge in [0.2, 0.25) is 0 Å². The van der Waals surface area contributed by atoms with E-state index in [9.17, 15) is 9.59 Å². The van der Waals surface area contributed by atoms with Gasteiger partial charge < -0.3 is 14.5 Å². The number of ether oxygens (including phenoxy) is 1. The number of hydrogen-bond acceptors (Lipinski definition) is 4. The van der Waals surface area contributed by atoms with Crippen molar-refractivity contribution in [3.63, 3.8) is 0 Å². The average Bonchev–Trinajstić information content (AvgIpc) is 2.60. The predicted octanol–water partition coefficient (Wildman–Crippen LogP) is 3.04. The molecule has 0 aliphatic heterocycles. The lowest BCUT2D eigenvalue weighted by Gasteiger charge is -2.07. The first-order valence-electron chi connectivity index (χ1n) is 7.52. The van der Waals surface area contributed by atoms with Crippen molar-refractivity contribution in [2.24, 2.45) is 0 Å². The summed E-state index contributed by atoms with van der Waals surface area (Å²) in [5.41, 5.74) is 2.18. The molecule has 2 aromatic carbocycles. The molecule has 1 heterocycles. The van der Waals surface area contributed by atoms with Crippen LogP contribution in [0, 0.1) is 6.92 Å². The van der Waals surface area contributed by atoms with Crippen molar-refractivity contribution >= 4 is 16.9 Å². The van der Waals surface area contributed by atoms with E-state index in [0.29, 0.717) is 23.3 Å². The van der Waals surface area contributed by atoms with Crippen molar-refractivity contribution in [2.45, 2.75) is 13.5 Å². The van der Waals surface area contributed by atoms with Crippen molar-refractivity contribution in [1.29, 1.82) is 0 Å². The molecule has 0 bridgehead atoms. The van der Waals surface area contributed by atoms with Gasteiger partial charge in [-0.25, -0.2) is 0 Å². The van der Waals surface area contributed by atoms with Gasteiger partial charge in [0.05, 0.1) is 12.5 Å². The zero-order valence-electron chi connectivity index (χ0n) is 13.5. The van der Waals surface area contributed by atoms with Crippen LogP contribution in [0.5, 0.6) is 5.75 Å². The molecular formula is C19H17NO4. The van der Waals surface area contributed by atoms with E-state index in [-0.39, 0.29) is 11.2 Å². The van der Waals surface area contributed by atoms with Crippen LogP contribution in [0.2, 0.25) is 0 Å². The molecule has 0 unspecified atom stereocenters. The summed E-state index contributed by atoms with van der Waals surface area (Å²) in [6, 6.07) is 13.9. The summed E-state index contributed by atoms with van der Waals surface area (Å²) in [5.74, 6) is 0.105. The zero-order chi connectivity index (χ0) is 17.1. The van der Waals surface area contributed by atoms with Crippen molar-refractivity contribution in [3.8, 4) is 5.75 Å². The van der Waals surface area contributed by atoms with E-state index in [4.69, 9.17) is 9.15 Å². The number of carbonyl (C=O) groups is 1. The number of aryl methyl sites for hydroxylation is 1. The Morgan fingerprint density at radius 3 is 2.58 bits per heavy atom. The highest BCUT2D eigenvalue weighted by Crippen LogP contribution is 2.19. The highest BCUT2D eigenvalue weighted by molar-refractivity contribution is 5.93. The maximum absolute atomic E-state index is 12.3. The molecule has 0 atom stereocenters. The van der Waals surface area contributed by atoms with Gasteiger partial charge in [-0.1, -0.05) is 29.8 Å². The number of hydrogen-bond donors (Lipinski definition) is 1. The fourth-order valence-corrected chi connectivity index (χ4v) is 2.35. The van der Waals surface area contributed by atoms with E-state index >= 15 is 0 Å². The van der Waals surface area contributed by atoms with Crippen LogP contribution >= 0.6 is 0 Å². The molecule has 3 rings (SSSR count). The maximum Gasteiger partial charge on any atom is 0.287 e. The lowest BCUT2D eigenvalue weighted by Crippen LogP contribution is -2.24. The lowest BCUT2D eigenvalue weighted by molar-refractivity contribution is 0.0923. The molecule has 1 aromatic heterocycles. The van der Waals surface area contributed by atoms with E-state index in [2.05, 4.69) is 5.32 Å². The third-order valence-electron chi connectivity index (χ3n) is 3.73. The van der Waals surface area contributed by atoms with Crippen LogP contribution in [0.1, 0.15) is 21.7 Å². The molecule has 5 nitrogen and oxygen atoms in total. The first kappa shape index (κ1) is 15.8. The summed E-state index contributed by atoms with van der Waals surface area (Å²) in [5, 5.41) is 3.16. The minimum absolute atomic E-state index is 0.0205. The summed E-state index contributed by atoms with van der Waals surface area (Å²) in [7, 11) is 1.53. The van der Waals surface area contributed by atoms with Crippen LogP contribution in [0.25, 0.3) is 11.0 Å². The van der Waals surface area contributed by atoms with Crippen molar-refractivity contribution in [1.82, 2.24) is 5.32 Å². The highest BCUT2D eigenvalue weighted by Gasteiger charge is 2.12. The standard InChI is InChI=1S/C19H17NO4/c1-12-3-5-13(6-4-12)11-20-19(22)18-10-16(21)15-8-7-14(23-2)9-17(15)24-18/h3-10H,11H2,1-2H3,(H,20,22). The zero-order valence-corrected chi connectivity index (χ0v) is 13.5. The number of amides is 1. The number of nitrogens with one attached hydrogen (secondary N) is 1. The van der Waals surface area contributed by atoms with Crippen LogP contribution in [-0.4, -0.2) is 13.0 Å². The van der Waals surface area contributed by atoms with Gasteiger partial charge in [-0.2, -0.15) is 0 Å². The average molecular weight is 323 g/mol. The fraction of sp³-hybridized carbons (Fsp3) is 0.158. The highest BCUT2D eigenvalue weighted by atomic mass is 16.5. The number of rotatable bonds is 4. The second-order valence-electron chi connectivity index (χ2n) is 5.51. The van der Waals surface area contributed by atoms with E-state index < -0.39 is 5.91 Å². The van der Waals surface area contributed by atoms with Crippen LogP contribution in [0.4, 0.5) is 0 Å². The topological polar surface area (TPSA) is 68.5 Å². The number of benzene rings is 2. The third kappa shape index (κ3) is 3.30. The summed E-state index contributed by atoms with van der Waals surface area (Å²) >= 11 is 0. The van der Waals surface area contributed by atoms with Gasteiger partial charge in [-0.3, -0.25) is 9.59 Å². The SMILES string of the molecule is COc1ccc2c(=O)cc(C(=O)NCc3ccc(C)cc3)oc2c1. The summed E-state index contributed by atoms with van der Waals surface area (Å²) in [4.78, 5) is 24.4. The minimum Gasteiger partial charge on any atom is -0.497 e. The van der Waals surface area contributed by atoms with Gasteiger partial charge >= 0.3 is 0 Å². The maximum atomic E-state index is 12.3. The summed E-state index contributed by atoms with van der Waals surface area (Å²) in [6.45, 7) is 2.36. The van der Waals surface area contributed by atoms with Crippen LogP contribution < -0.4 is 15.5 Å². The van der Waals surface area contributed by atoms with Gasteiger partial charge in [0.25, 0.3) is 5.91 Å². The number of fused-ring (bicyclic) bond motifs is 1. The van der Waals surface area contributed by atoms with Crippen molar-refractivity contribution in [3.05, 3.63) is 75.6 Å². The number of methoxy groups -OCH3 is 1. The van der Waals surface area contributed by atoms with Gasteiger partial charge in [0.15, 0.2) is 11.2 Å². The molecule has 3 aromatic rings. The van der Waals surface area contributed by atoms with Gasteiger partial charge in [0, 0.05) is 18.7 Å². The van der Waals surface area contributed by atoms with Crippen molar-refractivity contribution < 1.29 is 13.9 Å². The Balaban J connectivity index is 1.83. The van der Waals surface area contributed by atoms with E-state index in [0.717, 1.165) is 11.1 Å². The molecule has 0 aliphatic carbocycles. The molecule has 0 fully saturated rings. The third-order valence-corrected chi connectivity index (χ3v) is 3.73. The molecule has 0 spiro atoms. The Labute approximate surface area is 138 Å². The Kier molecular flexibility index (Phi) is 4.33.